The summed E-state index contributed by atoms with van der Waals surface area (Å²) in [6.45, 7) is 7.21. The standard InChI is InChI=1S/C19H30N2O/c1-4-5-6-17(20)13-15-7-8-18-16(12-15)9-10-21(18)19(22)11-14(2)3/h7-8,12,14,17H,4-6,9-11,13,20H2,1-3H3. The normalized spacial score (nSPS) is 15.2. The molecule has 3 heteroatoms. The molecule has 22 heavy (non-hydrogen) atoms. The SMILES string of the molecule is CCCCC(N)Cc1ccc2c(c1)CCN2C(=O)CC(C)C. The number of nitrogens with two attached hydrogens (primary N) is 1. The van der Waals surface area contributed by atoms with E-state index < -0.39 is 0 Å². The quantitative estimate of drug-likeness (QED) is 0.835. The van der Waals surface area contributed by atoms with Gasteiger partial charge < -0.3 is 10.6 Å². The molecule has 0 aromatic heterocycles. The molecule has 0 saturated heterocycles. The van der Waals surface area contributed by atoms with Gasteiger partial charge in [0.15, 0.2) is 0 Å². The monoisotopic (exact) mass is 302 g/mol. The number of fused-ring (bicyclic) bond motifs is 1. The molecular formula is C19H30N2O. The second-order valence-corrected chi connectivity index (χ2v) is 6.96. The molecule has 1 heterocycles. The Hall–Kier alpha value is -1.35. The summed E-state index contributed by atoms with van der Waals surface area (Å²) in [6, 6.07) is 6.76. The third kappa shape index (κ3) is 4.33. The highest BCUT2D eigenvalue weighted by Crippen LogP contribution is 2.30. The number of carbonyl (C=O) groups is 1. The van der Waals surface area contributed by atoms with E-state index in [9.17, 15) is 4.79 Å². The van der Waals surface area contributed by atoms with Crippen LogP contribution in [0.2, 0.25) is 0 Å². The summed E-state index contributed by atoms with van der Waals surface area (Å²) in [5.74, 6) is 0.661. The van der Waals surface area contributed by atoms with Gasteiger partial charge in [0.25, 0.3) is 0 Å². The summed E-state index contributed by atoms with van der Waals surface area (Å²) in [4.78, 5) is 14.3. The van der Waals surface area contributed by atoms with Gasteiger partial charge in [0.05, 0.1) is 0 Å². The first-order valence-corrected chi connectivity index (χ1v) is 8.69. The van der Waals surface area contributed by atoms with Crippen molar-refractivity contribution in [1.82, 2.24) is 0 Å². The lowest BCUT2D eigenvalue weighted by molar-refractivity contribution is -0.119. The third-order valence-corrected chi connectivity index (χ3v) is 4.35. The van der Waals surface area contributed by atoms with Gasteiger partial charge in [0.1, 0.15) is 0 Å². The highest BCUT2D eigenvalue weighted by molar-refractivity contribution is 5.95. The van der Waals surface area contributed by atoms with Crippen LogP contribution in [0, 0.1) is 5.92 Å². The van der Waals surface area contributed by atoms with E-state index in [0.717, 1.165) is 31.5 Å². The molecule has 0 saturated carbocycles. The molecule has 1 unspecified atom stereocenters. The lowest BCUT2D eigenvalue weighted by atomic mass is 9.99. The molecule has 1 amide bonds. The fraction of sp³-hybridized carbons (Fsp3) is 0.632. The minimum absolute atomic E-state index is 0.248. The molecular weight excluding hydrogens is 272 g/mol. The maximum Gasteiger partial charge on any atom is 0.227 e. The second kappa shape index (κ2) is 7.77. The van der Waals surface area contributed by atoms with Gasteiger partial charge >= 0.3 is 0 Å². The molecule has 2 rings (SSSR count). The molecule has 1 aromatic carbocycles. The van der Waals surface area contributed by atoms with Crippen LogP contribution in [0.25, 0.3) is 0 Å². The van der Waals surface area contributed by atoms with Gasteiger partial charge in [-0.1, -0.05) is 45.7 Å². The lowest BCUT2D eigenvalue weighted by Crippen LogP contribution is -2.29. The fourth-order valence-corrected chi connectivity index (χ4v) is 3.17. The van der Waals surface area contributed by atoms with Crippen LogP contribution in [0.15, 0.2) is 18.2 Å². The van der Waals surface area contributed by atoms with E-state index in [1.165, 1.54) is 24.0 Å². The number of hydrogen-bond acceptors (Lipinski definition) is 2. The Bertz CT molecular complexity index is 510. The van der Waals surface area contributed by atoms with Crippen molar-refractivity contribution in [3.63, 3.8) is 0 Å². The number of amides is 1. The number of anilines is 1. The molecule has 3 nitrogen and oxygen atoms in total. The molecule has 122 valence electrons. The zero-order valence-corrected chi connectivity index (χ0v) is 14.3. The summed E-state index contributed by atoms with van der Waals surface area (Å²) in [6.07, 6.45) is 6.02. The summed E-state index contributed by atoms with van der Waals surface area (Å²) in [5.41, 5.74) is 9.92. The zero-order valence-electron chi connectivity index (χ0n) is 14.3. The highest BCUT2D eigenvalue weighted by atomic mass is 16.2. The highest BCUT2D eigenvalue weighted by Gasteiger charge is 2.25. The number of nitrogens with zero attached hydrogens (tertiary/aromatic N) is 1. The molecule has 0 bridgehead atoms. The Morgan fingerprint density at radius 3 is 2.82 bits per heavy atom. The average Bonchev–Trinajstić information content (AvgIpc) is 2.87. The van der Waals surface area contributed by atoms with Crippen LogP contribution in [-0.2, 0) is 17.6 Å². The Balaban J connectivity index is 2.02. The topological polar surface area (TPSA) is 46.3 Å². The molecule has 1 aromatic rings. The first-order chi connectivity index (χ1) is 10.5. The van der Waals surface area contributed by atoms with Crippen LogP contribution in [0.3, 0.4) is 0 Å². The summed E-state index contributed by atoms with van der Waals surface area (Å²) in [5, 5.41) is 0. The fourth-order valence-electron chi connectivity index (χ4n) is 3.17. The molecule has 0 spiro atoms. The molecule has 1 aliphatic rings. The number of carbonyl (C=O) groups excluding carboxylic acids is 1. The van der Waals surface area contributed by atoms with E-state index in [0.29, 0.717) is 12.3 Å². The minimum atomic E-state index is 0.248. The Labute approximate surface area is 134 Å². The van der Waals surface area contributed by atoms with E-state index in [2.05, 4.69) is 39.0 Å². The van der Waals surface area contributed by atoms with Gasteiger partial charge in [-0.15, -0.1) is 0 Å². The average molecular weight is 302 g/mol. The number of benzene rings is 1. The van der Waals surface area contributed by atoms with Gasteiger partial charge in [-0.25, -0.2) is 0 Å². The zero-order chi connectivity index (χ0) is 16.1. The van der Waals surface area contributed by atoms with E-state index in [4.69, 9.17) is 5.73 Å². The van der Waals surface area contributed by atoms with Crippen LogP contribution in [0.5, 0.6) is 0 Å². The van der Waals surface area contributed by atoms with Gasteiger partial charge in [-0.3, -0.25) is 4.79 Å². The van der Waals surface area contributed by atoms with Crippen molar-refractivity contribution < 1.29 is 4.79 Å². The van der Waals surface area contributed by atoms with Crippen molar-refractivity contribution in [3.8, 4) is 0 Å². The van der Waals surface area contributed by atoms with Crippen LogP contribution in [0.4, 0.5) is 5.69 Å². The van der Waals surface area contributed by atoms with Crippen molar-refractivity contribution >= 4 is 11.6 Å². The largest absolute Gasteiger partial charge is 0.327 e. The smallest absolute Gasteiger partial charge is 0.227 e. The van der Waals surface area contributed by atoms with Crippen LogP contribution in [-0.4, -0.2) is 18.5 Å². The van der Waals surface area contributed by atoms with E-state index >= 15 is 0 Å². The van der Waals surface area contributed by atoms with Gasteiger partial charge in [-0.05, 0) is 42.4 Å². The van der Waals surface area contributed by atoms with Crippen molar-refractivity contribution in [2.24, 2.45) is 11.7 Å². The van der Waals surface area contributed by atoms with Crippen LogP contribution < -0.4 is 10.6 Å². The van der Waals surface area contributed by atoms with Gasteiger partial charge in [0, 0.05) is 24.7 Å². The van der Waals surface area contributed by atoms with Gasteiger partial charge in [-0.2, -0.15) is 0 Å². The van der Waals surface area contributed by atoms with Crippen molar-refractivity contribution in [2.45, 2.75) is 65.3 Å². The molecule has 0 radical (unpaired) electrons. The van der Waals surface area contributed by atoms with Crippen LogP contribution >= 0.6 is 0 Å². The predicted octanol–water partition coefficient (Wildman–Crippen LogP) is 3.68. The molecule has 0 aliphatic carbocycles. The predicted molar refractivity (Wildman–Crippen MR) is 93.2 cm³/mol. The Morgan fingerprint density at radius 1 is 1.36 bits per heavy atom. The summed E-state index contributed by atoms with van der Waals surface area (Å²) >= 11 is 0. The van der Waals surface area contributed by atoms with Crippen molar-refractivity contribution in [3.05, 3.63) is 29.3 Å². The van der Waals surface area contributed by atoms with E-state index in [1.54, 1.807) is 0 Å². The Morgan fingerprint density at radius 2 is 2.14 bits per heavy atom. The third-order valence-electron chi connectivity index (χ3n) is 4.35. The number of hydrogen-bond donors (Lipinski definition) is 1. The lowest BCUT2D eigenvalue weighted by Gasteiger charge is -2.19. The van der Waals surface area contributed by atoms with Crippen molar-refractivity contribution in [2.75, 3.05) is 11.4 Å². The Kier molecular flexibility index (Phi) is 6.01. The van der Waals surface area contributed by atoms with E-state index in [-0.39, 0.29) is 11.9 Å². The molecule has 1 aliphatic heterocycles. The first-order valence-electron chi connectivity index (χ1n) is 8.69. The molecule has 0 fully saturated rings. The van der Waals surface area contributed by atoms with Gasteiger partial charge in [0.2, 0.25) is 5.91 Å². The number of rotatable bonds is 7. The van der Waals surface area contributed by atoms with Crippen LogP contribution in [0.1, 0.15) is 57.6 Å². The summed E-state index contributed by atoms with van der Waals surface area (Å²) in [7, 11) is 0. The maximum atomic E-state index is 12.3. The number of unbranched alkanes of at least 4 members (excludes halogenated alkanes) is 1. The molecule has 2 N–H and O–H groups in total. The summed E-state index contributed by atoms with van der Waals surface area (Å²) < 4.78 is 0. The maximum absolute atomic E-state index is 12.3. The van der Waals surface area contributed by atoms with Crippen molar-refractivity contribution in [1.29, 1.82) is 0 Å². The minimum Gasteiger partial charge on any atom is -0.327 e. The first kappa shape index (κ1) is 17.0. The second-order valence-electron chi connectivity index (χ2n) is 6.96. The van der Waals surface area contributed by atoms with E-state index in [1.807, 2.05) is 4.90 Å². The molecule has 1 atom stereocenters.